The first kappa shape index (κ1) is 48.1. The predicted molar refractivity (Wildman–Crippen MR) is 218 cm³/mol. The third-order valence-electron chi connectivity index (χ3n) is 10.5. The first-order chi connectivity index (χ1) is 25.3. The third kappa shape index (κ3) is 25.9. The van der Waals surface area contributed by atoms with Crippen LogP contribution >= 0.6 is 0 Å². The molecule has 0 saturated carbocycles. The zero-order valence-electron chi connectivity index (χ0n) is 35.2. The van der Waals surface area contributed by atoms with E-state index in [0.717, 1.165) is 70.0 Å². The minimum absolute atomic E-state index is 0.00623. The minimum atomic E-state index is -0.0338. The number of unbranched alkanes of at least 4 members (excludes halogenated alkanes) is 16. The number of hydrogen-bond donors (Lipinski definition) is 0. The first-order valence-electron chi connectivity index (χ1n) is 22.1. The average molecular weight is 733 g/mol. The van der Waals surface area contributed by atoms with Crippen molar-refractivity contribution in [3.8, 4) is 0 Å². The molecule has 0 aliphatic rings. The molecule has 0 saturated heterocycles. The van der Waals surface area contributed by atoms with Crippen molar-refractivity contribution in [2.24, 2.45) is 11.8 Å². The molecule has 0 N–H and O–H groups in total. The van der Waals surface area contributed by atoms with Crippen LogP contribution in [0.5, 0.6) is 0 Å². The molecule has 0 bridgehead atoms. The van der Waals surface area contributed by atoms with E-state index >= 15 is 0 Å². The van der Waals surface area contributed by atoms with Crippen LogP contribution in [0.2, 0.25) is 0 Å². The number of aromatic nitrogens is 2. The van der Waals surface area contributed by atoms with Crippen molar-refractivity contribution in [1.29, 1.82) is 0 Å². The summed E-state index contributed by atoms with van der Waals surface area (Å²) >= 11 is 0. The molecule has 0 fully saturated rings. The van der Waals surface area contributed by atoms with Crippen molar-refractivity contribution in [2.75, 3.05) is 46.9 Å². The molecule has 0 aromatic carbocycles. The Balaban J connectivity index is 2.82. The SMILES string of the molecule is CCCCCCCCC(CCCCCC)C(=O)OCCN(CCOC(=O)C(CCCCCC)CCCCCCCC)Cc1cnn(CCN(C)C)c1. The lowest BCUT2D eigenvalue weighted by molar-refractivity contribution is -0.150. The van der Waals surface area contributed by atoms with Gasteiger partial charge in [0.25, 0.3) is 0 Å². The second-order valence-corrected chi connectivity index (χ2v) is 15.7. The van der Waals surface area contributed by atoms with Gasteiger partial charge in [-0.1, -0.05) is 156 Å². The highest BCUT2D eigenvalue weighted by Crippen LogP contribution is 2.22. The quantitative estimate of drug-likeness (QED) is 0.0498. The molecule has 0 aliphatic heterocycles. The highest BCUT2D eigenvalue weighted by Gasteiger charge is 2.22. The van der Waals surface area contributed by atoms with E-state index in [9.17, 15) is 9.59 Å². The van der Waals surface area contributed by atoms with Gasteiger partial charge in [-0.2, -0.15) is 5.10 Å². The lowest BCUT2D eigenvalue weighted by Gasteiger charge is -2.23. The van der Waals surface area contributed by atoms with Crippen LogP contribution in [-0.4, -0.2) is 78.5 Å². The number of rotatable bonds is 37. The summed E-state index contributed by atoms with van der Waals surface area (Å²) in [5.74, 6) is -0.0800. The summed E-state index contributed by atoms with van der Waals surface area (Å²) < 4.78 is 14.0. The van der Waals surface area contributed by atoms with Gasteiger partial charge in [0.2, 0.25) is 0 Å². The highest BCUT2D eigenvalue weighted by molar-refractivity contribution is 5.72. The Morgan fingerprint density at radius 1 is 0.596 bits per heavy atom. The maximum atomic E-state index is 13.4. The number of carbonyl (C=O) groups excluding carboxylic acids is 2. The molecule has 0 spiro atoms. The fourth-order valence-electron chi connectivity index (χ4n) is 6.96. The Morgan fingerprint density at radius 2 is 0.981 bits per heavy atom. The second kappa shape index (κ2) is 33.6. The van der Waals surface area contributed by atoms with Crippen LogP contribution in [0.4, 0.5) is 0 Å². The molecular weight excluding hydrogens is 649 g/mol. The summed E-state index contributed by atoms with van der Waals surface area (Å²) in [4.78, 5) is 31.2. The molecule has 8 heteroatoms. The molecule has 1 aromatic heterocycles. The van der Waals surface area contributed by atoms with E-state index in [2.05, 4.69) is 62.9 Å². The molecule has 2 atom stereocenters. The van der Waals surface area contributed by atoms with E-state index in [1.807, 2.05) is 10.9 Å². The molecule has 1 aromatic rings. The van der Waals surface area contributed by atoms with Gasteiger partial charge in [-0.05, 0) is 39.8 Å². The average Bonchev–Trinajstić information content (AvgIpc) is 3.58. The molecule has 1 heterocycles. The van der Waals surface area contributed by atoms with Crippen molar-refractivity contribution >= 4 is 11.9 Å². The maximum absolute atomic E-state index is 13.4. The molecule has 0 aliphatic carbocycles. The van der Waals surface area contributed by atoms with Crippen LogP contribution in [0.15, 0.2) is 12.4 Å². The monoisotopic (exact) mass is 733 g/mol. The van der Waals surface area contributed by atoms with Crippen LogP contribution in [0, 0.1) is 11.8 Å². The largest absolute Gasteiger partial charge is 0.464 e. The standard InChI is InChI=1S/C44H84N4O4/c1-7-11-15-19-21-25-29-41(27-23-17-13-9-3)43(49)51-35-33-47(38-40-37-45-48(39-40)32-31-46(5)6)34-36-52-44(50)42(28-24-18-14-10-4)30-26-22-20-16-12-8-2/h37,39,41-42H,7-36,38H2,1-6H3. The van der Waals surface area contributed by atoms with Gasteiger partial charge >= 0.3 is 11.9 Å². The van der Waals surface area contributed by atoms with E-state index in [1.54, 1.807) is 0 Å². The molecule has 2 unspecified atom stereocenters. The maximum Gasteiger partial charge on any atom is 0.308 e. The van der Waals surface area contributed by atoms with Gasteiger partial charge in [-0.3, -0.25) is 19.2 Å². The lowest BCUT2D eigenvalue weighted by atomic mass is 9.94. The Bertz CT molecular complexity index is 918. The smallest absolute Gasteiger partial charge is 0.308 e. The number of likely N-dealkylation sites (N-methyl/N-ethyl adjacent to an activating group) is 1. The van der Waals surface area contributed by atoms with Gasteiger partial charge in [-0.25, -0.2) is 0 Å². The van der Waals surface area contributed by atoms with Gasteiger partial charge in [-0.15, -0.1) is 0 Å². The van der Waals surface area contributed by atoms with Crippen LogP contribution in [0.3, 0.4) is 0 Å². The number of hydrogen-bond acceptors (Lipinski definition) is 7. The number of ether oxygens (including phenoxy) is 2. The van der Waals surface area contributed by atoms with Crippen molar-refractivity contribution < 1.29 is 19.1 Å². The van der Waals surface area contributed by atoms with E-state index in [1.165, 1.54) is 103 Å². The summed E-state index contributed by atoms with van der Waals surface area (Å²) in [5.41, 5.74) is 1.12. The zero-order valence-corrected chi connectivity index (χ0v) is 35.2. The normalized spacial score (nSPS) is 12.8. The van der Waals surface area contributed by atoms with Gasteiger partial charge in [0.15, 0.2) is 0 Å². The highest BCUT2D eigenvalue weighted by atomic mass is 16.5. The van der Waals surface area contributed by atoms with Crippen molar-refractivity contribution in [3.63, 3.8) is 0 Å². The van der Waals surface area contributed by atoms with E-state index < -0.39 is 0 Å². The van der Waals surface area contributed by atoms with Crippen molar-refractivity contribution in [1.82, 2.24) is 19.6 Å². The van der Waals surface area contributed by atoms with Gasteiger partial charge < -0.3 is 14.4 Å². The molecule has 1 rings (SSSR count). The van der Waals surface area contributed by atoms with E-state index in [4.69, 9.17) is 9.47 Å². The Hall–Kier alpha value is -1.93. The second-order valence-electron chi connectivity index (χ2n) is 15.7. The summed E-state index contributed by atoms with van der Waals surface area (Å²) in [6.07, 6.45) is 32.0. The fourth-order valence-corrected chi connectivity index (χ4v) is 6.96. The van der Waals surface area contributed by atoms with Crippen LogP contribution < -0.4 is 0 Å². The number of esters is 2. The van der Waals surface area contributed by atoms with Crippen molar-refractivity contribution in [3.05, 3.63) is 18.0 Å². The zero-order chi connectivity index (χ0) is 38.1. The Kier molecular flexibility index (Phi) is 31.1. The Morgan fingerprint density at radius 3 is 1.38 bits per heavy atom. The molecule has 0 amide bonds. The molecule has 0 radical (unpaired) electrons. The van der Waals surface area contributed by atoms with Crippen LogP contribution in [0.25, 0.3) is 0 Å². The molecule has 8 nitrogen and oxygen atoms in total. The van der Waals surface area contributed by atoms with E-state index in [-0.39, 0.29) is 23.8 Å². The first-order valence-corrected chi connectivity index (χ1v) is 22.1. The summed E-state index contributed by atoms with van der Waals surface area (Å²) in [6.45, 7) is 13.3. The minimum Gasteiger partial charge on any atom is -0.464 e. The molecular formula is C44H84N4O4. The number of nitrogens with zero attached hydrogens (tertiary/aromatic N) is 4. The van der Waals surface area contributed by atoms with Gasteiger partial charge in [0.1, 0.15) is 13.2 Å². The van der Waals surface area contributed by atoms with Gasteiger partial charge in [0.05, 0.1) is 24.6 Å². The summed E-state index contributed by atoms with van der Waals surface area (Å²) in [6, 6.07) is 0. The lowest BCUT2D eigenvalue weighted by Crippen LogP contribution is -2.33. The summed E-state index contributed by atoms with van der Waals surface area (Å²) in [5, 5.41) is 4.58. The van der Waals surface area contributed by atoms with Crippen LogP contribution in [0.1, 0.15) is 187 Å². The predicted octanol–water partition coefficient (Wildman–Crippen LogP) is 11.0. The molecule has 52 heavy (non-hydrogen) atoms. The van der Waals surface area contributed by atoms with Crippen LogP contribution in [-0.2, 0) is 32.2 Å². The van der Waals surface area contributed by atoms with Crippen molar-refractivity contribution in [2.45, 2.75) is 195 Å². The number of carbonyl (C=O) groups is 2. The van der Waals surface area contributed by atoms with E-state index in [0.29, 0.717) is 32.8 Å². The third-order valence-corrected chi connectivity index (χ3v) is 10.5. The topological polar surface area (TPSA) is 76.9 Å². The summed E-state index contributed by atoms with van der Waals surface area (Å²) in [7, 11) is 4.14. The molecule has 304 valence electrons. The fraction of sp³-hybridized carbons (Fsp3) is 0.886. The van der Waals surface area contributed by atoms with Gasteiger partial charge in [0, 0.05) is 37.9 Å². The Labute approximate surface area is 321 Å².